The van der Waals surface area contributed by atoms with E-state index in [9.17, 15) is 13.2 Å². The molecule has 2 heterocycles. The molecule has 162 valence electrons. The van der Waals surface area contributed by atoms with Gasteiger partial charge in [0.25, 0.3) is 10.0 Å². The molecule has 4 rings (SSSR count). The first-order valence-electron chi connectivity index (χ1n) is 9.80. The Balaban J connectivity index is 1.95. The lowest BCUT2D eigenvalue weighted by molar-refractivity contribution is 0.104. The fraction of sp³-hybridized carbons (Fsp3) is 0.0833. The zero-order chi connectivity index (χ0) is 22.7. The number of hydrogen-bond acceptors (Lipinski definition) is 6. The first-order valence-corrected chi connectivity index (χ1v) is 11.2. The minimum absolute atomic E-state index is 0.0934. The normalized spacial score (nSPS) is 11.7. The molecule has 32 heavy (non-hydrogen) atoms. The fourth-order valence-corrected chi connectivity index (χ4v) is 4.52. The van der Waals surface area contributed by atoms with Crippen molar-refractivity contribution in [2.75, 3.05) is 14.1 Å². The summed E-state index contributed by atoms with van der Waals surface area (Å²) in [4.78, 5) is 19.1. The summed E-state index contributed by atoms with van der Waals surface area (Å²) >= 11 is 0. The number of aromatic nitrogens is 2. The van der Waals surface area contributed by atoms with Crippen molar-refractivity contribution in [3.8, 4) is 11.5 Å². The third-order valence-electron chi connectivity index (χ3n) is 4.68. The van der Waals surface area contributed by atoms with Gasteiger partial charge < -0.3 is 9.64 Å². The molecule has 2 aromatic carbocycles. The maximum absolute atomic E-state index is 13.4. The molecule has 0 amide bonds. The van der Waals surface area contributed by atoms with Crippen molar-refractivity contribution < 1.29 is 17.9 Å². The van der Waals surface area contributed by atoms with Gasteiger partial charge in [-0.1, -0.05) is 36.4 Å². The number of ketones is 1. The molecule has 0 aliphatic heterocycles. The van der Waals surface area contributed by atoms with Crippen molar-refractivity contribution in [3.63, 3.8) is 0 Å². The summed E-state index contributed by atoms with van der Waals surface area (Å²) in [5.41, 5.74) is 0.292. The van der Waals surface area contributed by atoms with Gasteiger partial charge in [0.15, 0.2) is 11.4 Å². The van der Waals surface area contributed by atoms with Crippen molar-refractivity contribution >= 4 is 26.8 Å². The standard InChI is InChI=1S/C24H21N3O4S/c1-26(2)16-14-21(28)20-17-27(32(29,30)19-11-7-4-8-12-19)24-23(20)22(13-15-25-24)31-18-9-5-3-6-10-18/h3-17H,1-2H3/b16-14+. The van der Waals surface area contributed by atoms with E-state index >= 15 is 0 Å². The maximum Gasteiger partial charge on any atom is 0.269 e. The highest BCUT2D eigenvalue weighted by atomic mass is 32.2. The Hall–Kier alpha value is -3.91. The predicted molar refractivity (Wildman–Crippen MR) is 122 cm³/mol. The molecular formula is C24H21N3O4S. The molecule has 0 atom stereocenters. The van der Waals surface area contributed by atoms with Gasteiger partial charge in [0.2, 0.25) is 0 Å². The van der Waals surface area contributed by atoms with Gasteiger partial charge in [0.05, 0.1) is 15.8 Å². The molecule has 0 N–H and O–H groups in total. The first-order chi connectivity index (χ1) is 15.4. The van der Waals surface area contributed by atoms with E-state index in [0.29, 0.717) is 16.9 Å². The Bertz CT molecular complexity index is 1390. The van der Waals surface area contributed by atoms with Crippen LogP contribution in [-0.2, 0) is 10.0 Å². The summed E-state index contributed by atoms with van der Waals surface area (Å²) in [5, 5.41) is 0.323. The summed E-state index contributed by atoms with van der Waals surface area (Å²) in [5.74, 6) is 0.530. The van der Waals surface area contributed by atoms with Gasteiger partial charge in [-0.2, -0.15) is 0 Å². The van der Waals surface area contributed by atoms with E-state index in [2.05, 4.69) is 4.98 Å². The number of nitrogens with zero attached hydrogens (tertiary/aromatic N) is 3. The number of fused-ring (bicyclic) bond motifs is 1. The average Bonchev–Trinajstić information content (AvgIpc) is 3.20. The molecule has 2 aromatic heterocycles. The van der Waals surface area contributed by atoms with E-state index in [0.717, 1.165) is 3.97 Å². The van der Waals surface area contributed by atoms with Gasteiger partial charge in [-0.25, -0.2) is 17.4 Å². The van der Waals surface area contributed by atoms with E-state index in [4.69, 9.17) is 4.74 Å². The molecule has 0 radical (unpaired) electrons. The molecule has 0 aliphatic carbocycles. The highest BCUT2D eigenvalue weighted by Crippen LogP contribution is 2.34. The van der Waals surface area contributed by atoms with Crippen molar-refractivity contribution in [1.82, 2.24) is 13.9 Å². The van der Waals surface area contributed by atoms with Gasteiger partial charge in [-0.05, 0) is 30.3 Å². The smallest absolute Gasteiger partial charge is 0.269 e. The van der Waals surface area contributed by atoms with Crippen molar-refractivity contribution in [2.24, 2.45) is 0 Å². The van der Waals surface area contributed by atoms with Crippen LogP contribution in [-0.4, -0.2) is 42.2 Å². The van der Waals surface area contributed by atoms with Crippen LogP contribution in [0.5, 0.6) is 11.5 Å². The topological polar surface area (TPSA) is 81.5 Å². The van der Waals surface area contributed by atoms with Gasteiger partial charge in [-0.15, -0.1) is 0 Å². The van der Waals surface area contributed by atoms with E-state index in [1.807, 2.05) is 18.2 Å². The van der Waals surface area contributed by atoms with Crippen LogP contribution in [0.15, 0.2) is 96.3 Å². The van der Waals surface area contributed by atoms with Crippen molar-refractivity contribution in [2.45, 2.75) is 4.90 Å². The highest BCUT2D eigenvalue weighted by Gasteiger charge is 2.26. The lowest BCUT2D eigenvalue weighted by Gasteiger charge is -2.09. The molecule has 0 unspecified atom stereocenters. The number of benzene rings is 2. The predicted octanol–water partition coefficient (Wildman–Crippen LogP) is 4.32. The fourth-order valence-electron chi connectivity index (χ4n) is 3.18. The SMILES string of the molecule is CN(C)/C=C/C(=O)c1cn(S(=O)(=O)c2ccccc2)c2nccc(Oc3ccccc3)c12. The lowest BCUT2D eigenvalue weighted by Crippen LogP contribution is -2.12. The van der Waals surface area contributed by atoms with E-state index in [1.54, 1.807) is 61.6 Å². The summed E-state index contributed by atoms with van der Waals surface area (Å²) in [7, 11) is -0.407. The molecule has 0 fully saturated rings. The zero-order valence-corrected chi connectivity index (χ0v) is 18.4. The summed E-state index contributed by atoms with van der Waals surface area (Å²) in [6.45, 7) is 0. The third kappa shape index (κ3) is 4.13. The van der Waals surface area contributed by atoms with Gasteiger partial charge in [0, 0.05) is 38.8 Å². The summed E-state index contributed by atoms with van der Waals surface area (Å²) in [6, 6.07) is 18.7. The second-order valence-corrected chi connectivity index (χ2v) is 9.04. The van der Waals surface area contributed by atoms with Crippen LogP contribution in [0.25, 0.3) is 11.0 Å². The largest absolute Gasteiger partial charge is 0.457 e. The minimum atomic E-state index is -3.99. The van der Waals surface area contributed by atoms with Crippen LogP contribution < -0.4 is 4.74 Å². The molecule has 0 saturated carbocycles. The van der Waals surface area contributed by atoms with Crippen molar-refractivity contribution in [3.05, 3.63) is 97.0 Å². The number of para-hydroxylation sites is 1. The van der Waals surface area contributed by atoms with E-state index in [-0.39, 0.29) is 21.9 Å². The second-order valence-electron chi connectivity index (χ2n) is 7.22. The Labute approximate surface area is 186 Å². The van der Waals surface area contributed by atoms with Gasteiger partial charge >= 0.3 is 0 Å². The van der Waals surface area contributed by atoms with Gasteiger partial charge in [0.1, 0.15) is 11.5 Å². The Morgan fingerprint density at radius 2 is 1.66 bits per heavy atom. The lowest BCUT2D eigenvalue weighted by atomic mass is 10.1. The van der Waals surface area contributed by atoms with Crippen LogP contribution >= 0.6 is 0 Å². The van der Waals surface area contributed by atoms with Crippen LogP contribution in [0.3, 0.4) is 0 Å². The molecular weight excluding hydrogens is 426 g/mol. The quantitative estimate of drug-likeness (QED) is 0.310. The van der Waals surface area contributed by atoms with Gasteiger partial charge in [-0.3, -0.25) is 4.79 Å². The summed E-state index contributed by atoms with van der Waals surface area (Å²) < 4.78 is 33.8. The molecule has 0 bridgehead atoms. The Kier molecular flexibility index (Phi) is 5.79. The molecule has 0 saturated heterocycles. The number of pyridine rings is 1. The second kappa shape index (κ2) is 8.68. The monoisotopic (exact) mass is 447 g/mol. The molecule has 4 aromatic rings. The number of hydrogen-bond donors (Lipinski definition) is 0. The number of ether oxygens (including phenoxy) is 1. The van der Waals surface area contributed by atoms with Crippen LogP contribution in [0, 0.1) is 0 Å². The number of carbonyl (C=O) groups excluding carboxylic acids is 1. The molecule has 0 aliphatic rings. The van der Waals surface area contributed by atoms with Crippen LogP contribution in [0.2, 0.25) is 0 Å². The summed E-state index contributed by atoms with van der Waals surface area (Å²) in [6.07, 6.45) is 5.75. The van der Waals surface area contributed by atoms with Crippen LogP contribution in [0.4, 0.5) is 0 Å². The first kappa shape index (κ1) is 21.3. The minimum Gasteiger partial charge on any atom is -0.457 e. The highest BCUT2D eigenvalue weighted by molar-refractivity contribution is 7.90. The van der Waals surface area contributed by atoms with Crippen LogP contribution in [0.1, 0.15) is 10.4 Å². The Morgan fingerprint density at radius 1 is 1.00 bits per heavy atom. The number of allylic oxidation sites excluding steroid dienone is 1. The van der Waals surface area contributed by atoms with E-state index < -0.39 is 10.0 Å². The molecule has 7 nitrogen and oxygen atoms in total. The maximum atomic E-state index is 13.4. The number of carbonyl (C=O) groups is 1. The molecule has 0 spiro atoms. The Morgan fingerprint density at radius 3 is 2.31 bits per heavy atom. The third-order valence-corrected chi connectivity index (χ3v) is 6.34. The molecule has 8 heteroatoms. The number of rotatable bonds is 7. The average molecular weight is 448 g/mol. The zero-order valence-electron chi connectivity index (χ0n) is 17.5. The van der Waals surface area contributed by atoms with E-state index in [1.165, 1.54) is 30.6 Å². The van der Waals surface area contributed by atoms with Crippen molar-refractivity contribution in [1.29, 1.82) is 0 Å².